The van der Waals surface area contributed by atoms with E-state index < -0.39 is 0 Å². The molecule has 0 spiro atoms. The normalized spacial score (nSPS) is 8.00. The second-order valence-corrected chi connectivity index (χ2v) is 1.69. The van der Waals surface area contributed by atoms with Gasteiger partial charge in [0.2, 0.25) is 0 Å². The Hall–Kier alpha value is -1.16. The Balaban J connectivity index is 0.000000461. The van der Waals surface area contributed by atoms with Crippen molar-refractivity contribution in [3.63, 3.8) is 0 Å². The smallest absolute Gasteiger partial charge is 0.143 e. The Bertz CT molecular complexity index is 199. The summed E-state index contributed by atoms with van der Waals surface area (Å²) >= 11 is 0. The van der Waals surface area contributed by atoms with Crippen molar-refractivity contribution >= 4 is 5.82 Å². The predicted octanol–water partition coefficient (Wildman–Crippen LogP) is 1.10. The van der Waals surface area contributed by atoms with Gasteiger partial charge in [-0.3, -0.25) is 0 Å². The number of aromatic nitrogens is 2. The highest BCUT2D eigenvalue weighted by Crippen LogP contribution is 1.98. The van der Waals surface area contributed by atoms with Crippen LogP contribution in [0.5, 0.6) is 0 Å². The van der Waals surface area contributed by atoms with Crippen molar-refractivity contribution in [1.82, 2.24) is 9.97 Å². The summed E-state index contributed by atoms with van der Waals surface area (Å²) in [5, 5.41) is 0. The predicted molar refractivity (Wildman–Crippen MR) is 45.9 cm³/mol. The second kappa shape index (κ2) is 5.61. The molecule has 0 aromatic carbocycles. The standard InChI is InChI=1S/C5H8N4.C2H6/c1-4-2-5(9-6)8-3-7-4;1-2/h2-3H,6H2,1H3,(H,7,8,9);1-2H3. The molecule has 3 N–H and O–H groups in total. The molecule has 4 nitrogen and oxygen atoms in total. The Morgan fingerprint density at radius 3 is 2.36 bits per heavy atom. The number of aryl methyl sites for hydroxylation is 1. The lowest BCUT2D eigenvalue weighted by atomic mass is 10.4. The Morgan fingerprint density at radius 2 is 2.00 bits per heavy atom. The van der Waals surface area contributed by atoms with Gasteiger partial charge in [-0.2, -0.15) is 0 Å². The van der Waals surface area contributed by atoms with Gasteiger partial charge in [-0.15, -0.1) is 0 Å². The highest BCUT2D eigenvalue weighted by atomic mass is 15.2. The number of anilines is 1. The molecule has 0 aliphatic rings. The third kappa shape index (κ3) is 3.52. The van der Waals surface area contributed by atoms with E-state index >= 15 is 0 Å². The lowest BCUT2D eigenvalue weighted by Crippen LogP contribution is -2.08. The molecule has 0 aliphatic heterocycles. The van der Waals surface area contributed by atoms with Crippen LogP contribution >= 0.6 is 0 Å². The first-order valence-corrected chi connectivity index (χ1v) is 3.58. The zero-order valence-electron chi connectivity index (χ0n) is 7.13. The monoisotopic (exact) mass is 154 g/mol. The number of hydrogen-bond donors (Lipinski definition) is 2. The molecule has 0 atom stereocenters. The number of nitrogen functional groups attached to an aromatic ring is 1. The fourth-order valence-corrected chi connectivity index (χ4v) is 0.533. The van der Waals surface area contributed by atoms with Gasteiger partial charge in [0.1, 0.15) is 12.1 Å². The molecular formula is C7H14N4. The van der Waals surface area contributed by atoms with Crippen LogP contribution in [0.3, 0.4) is 0 Å². The minimum atomic E-state index is 0.641. The number of rotatable bonds is 1. The third-order valence-corrected chi connectivity index (χ3v) is 0.952. The van der Waals surface area contributed by atoms with Crippen LogP contribution < -0.4 is 11.3 Å². The van der Waals surface area contributed by atoms with Crippen molar-refractivity contribution in [2.45, 2.75) is 20.8 Å². The average Bonchev–Trinajstić information content (AvgIpc) is 2.08. The molecule has 0 fully saturated rings. The quantitative estimate of drug-likeness (QED) is 0.469. The fourth-order valence-electron chi connectivity index (χ4n) is 0.533. The van der Waals surface area contributed by atoms with Gasteiger partial charge in [-0.25, -0.2) is 15.8 Å². The van der Waals surface area contributed by atoms with Crippen molar-refractivity contribution in [2.24, 2.45) is 5.84 Å². The largest absolute Gasteiger partial charge is 0.308 e. The molecule has 62 valence electrons. The van der Waals surface area contributed by atoms with E-state index in [0.29, 0.717) is 5.82 Å². The van der Waals surface area contributed by atoms with Crippen molar-refractivity contribution in [3.05, 3.63) is 18.1 Å². The third-order valence-electron chi connectivity index (χ3n) is 0.952. The number of hydrogen-bond acceptors (Lipinski definition) is 4. The second-order valence-electron chi connectivity index (χ2n) is 1.69. The van der Waals surface area contributed by atoms with Gasteiger partial charge in [-0.05, 0) is 6.92 Å². The van der Waals surface area contributed by atoms with Crippen molar-refractivity contribution in [1.29, 1.82) is 0 Å². The van der Waals surface area contributed by atoms with Gasteiger partial charge in [0.05, 0.1) is 0 Å². The highest BCUT2D eigenvalue weighted by molar-refractivity contribution is 5.32. The summed E-state index contributed by atoms with van der Waals surface area (Å²) in [6.07, 6.45) is 1.46. The lowest BCUT2D eigenvalue weighted by molar-refractivity contribution is 1.09. The molecule has 0 unspecified atom stereocenters. The maximum Gasteiger partial charge on any atom is 0.143 e. The van der Waals surface area contributed by atoms with Crippen molar-refractivity contribution < 1.29 is 0 Å². The van der Waals surface area contributed by atoms with Crippen molar-refractivity contribution in [2.75, 3.05) is 5.43 Å². The molecule has 1 rings (SSSR count). The molecule has 0 saturated carbocycles. The van der Waals surface area contributed by atoms with Gasteiger partial charge >= 0.3 is 0 Å². The van der Waals surface area contributed by atoms with Crippen LogP contribution in [0.4, 0.5) is 5.82 Å². The maximum absolute atomic E-state index is 5.08. The molecule has 1 aromatic rings. The Kier molecular flexibility index (Phi) is 5.02. The highest BCUT2D eigenvalue weighted by Gasteiger charge is 1.87. The van der Waals surface area contributed by atoms with Gasteiger partial charge in [0.25, 0.3) is 0 Å². The number of hydrazine groups is 1. The van der Waals surface area contributed by atoms with E-state index in [4.69, 9.17) is 5.84 Å². The van der Waals surface area contributed by atoms with E-state index in [0.717, 1.165) is 5.69 Å². The average molecular weight is 154 g/mol. The summed E-state index contributed by atoms with van der Waals surface area (Å²) in [7, 11) is 0. The molecular weight excluding hydrogens is 140 g/mol. The molecule has 0 amide bonds. The summed E-state index contributed by atoms with van der Waals surface area (Å²) < 4.78 is 0. The number of nitrogens with zero attached hydrogens (tertiary/aromatic N) is 2. The topological polar surface area (TPSA) is 63.8 Å². The molecule has 0 bridgehead atoms. The van der Waals surface area contributed by atoms with Gasteiger partial charge in [0, 0.05) is 11.8 Å². The Labute approximate surface area is 66.8 Å². The van der Waals surface area contributed by atoms with Crippen LogP contribution in [-0.4, -0.2) is 9.97 Å². The molecule has 0 radical (unpaired) electrons. The molecule has 0 saturated heterocycles. The summed E-state index contributed by atoms with van der Waals surface area (Å²) in [6, 6.07) is 1.76. The van der Waals surface area contributed by atoms with E-state index in [-0.39, 0.29) is 0 Å². The van der Waals surface area contributed by atoms with E-state index in [1.54, 1.807) is 6.07 Å². The Morgan fingerprint density at radius 1 is 1.36 bits per heavy atom. The first-order valence-electron chi connectivity index (χ1n) is 3.58. The summed E-state index contributed by atoms with van der Waals surface area (Å²) in [4.78, 5) is 7.69. The summed E-state index contributed by atoms with van der Waals surface area (Å²) in [6.45, 7) is 5.88. The first-order chi connectivity index (χ1) is 5.33. The van der Waals surface area contributed by atoms with Crippen LogP contribution in [0.1, 0.15) is 19.5 Å². The summed E-state index contributed by atoms with van der Waals surface area (Å²) in [5.41, 5.74) is 3.32. The van der Waals surface area contributed by atoms with Gasteiger partial charge in [-0.1, -0.05) is 13.8 Å². The molecule has 1 aromatic heterocycles. The molecule has 1 heterocycles. The lowest BCUT2D eigenvalue weighted by Gasteiger charge is -1.96. The van der Waals surface area contributed by atoms with Gasteiger partial charge < -0.3 is 5.43 Å². The van der Waals surface area contributed by atoms with E-state index in [1.165, 1.54) is 6.33 Å². The molecule has 0 aliphatic carbocycles. The summed E-state index contributed by atoms with van der Waals surface area (Å²) in [5.74, 6) is 5.72. The first kappa shape index (κ1) is 9.84. The van der Waals surface area contributed by atoms with Crippen LogP contribution in [0.15, 0.2) is 12.4 Å². The van der Waals surface area contributed by atoms with Crippen LogP contribution in [-0.2, 0) is 0 Å². The van der Waals surface area contributed by atoms with E-state index in [9.17, 15) is 0 Å². The fraction of sp³-hybridized carbons (Fsp3) is 0.429. The van der Waals surface area contributed by atoms with Crippen molar-refractivity contribution in [3.8, 4) is 0 Å². The zero-order valence-corrected chi connectivity index (χ0v) is 7.13. The molecule has 11 heavy (non-hydrogen) atoms. The zero-order chi connectivity index (χ0) is 8.69. The van der Waals surface area contributed by atoms with Gasteiger partial charge in [0.15, 0.2) is 0 Å². The number of nitrogens with one attached hydrogen (secondary N) is 1. The van der Waals surface area contributed by atoms with Crippen LogP contribution in [0, 0.1) is 6.92 Å². The van der Waals surface area contributed by atoms with Crippen LogP contribution in [0.25, 0.3) is 0 Å². The van der Waals surface area contributed by atoms with E-state index in [2.05, 4.69) is 15.4 Å². The van der Waals surface area contributed by atoms with E-state index in [1.807, 2.05) is 20.8 Å². The SMILES string of the molecule is CC.Cc1cc(NN)ncn1. The molecule has 4 heteroatoms. The minimum Gasteiger partial charge on any atom is -0.308 e. The minimum absolute atomic E-state index is 0.641. The van der Waals surface area contributed by atoms with Crippen LogP contribution in [0.2, 0.25) is 0 Å². The number of nitrogens with two attached hydrogens (primary N) is 1. The maximum atomic E-state index is 5.08.